The highest BCUT2D eigenvalue weighted by Crippen LogP contribution is 1.95. The van der Waals surface area contributed by atoms with Crippen molar-refractivity contribution in [2.45, 2.75) is 13.0 Å². The number of hydrogen-bond donors (Lipinski definition) is 3. The number of rotatable bonds is 7. The van der Waals surface area contributed by atoms with E-state index in [1.165, 1.54) is 6.92 Å². The Morgan fingerprint density at radius 2 is 1.94 bits per heavy atom. The molecule has 0 spiro atoms. The molecule has 3 N–H and O–H groups in total. The van der Waals surface area contributed by atoms with Gasteiger partial charge >= 0.3 is 12.1 Å². The predicted molar refractivity (Wildman–Crippen MR) is 58.2 cm³/mol. The highest BCUT2D eigenvalue weighted by atomic mass is 16.6. The number of aliphatic hydroxyl groups excluding tert-OH is 2. The Labute approximate surface area is 99.0 Å². The number of carbonyl (C=O) groups is 2. The van der Waals surface area contributed by atoms with E-state index in [1.807, 2.05) is 0 Å². The number of amides is 1. The van der Waals surface area contributed by atoms with Crippen molar-refractivity contribution < 1.29 is 29.3 Å². The van der Waals surface area contributed by atoms with Gasteiger partial charge in [-0.2, -0.15) is 0 Å². The zero-order valence-corrected chi connectivity index (χ0v) is 9.64. The van der Waals surface area contributed by atoms with Gasteiger partial charge < -0.3 is 25.0 Å². The van der Waals surface area contributed by atoms with E-state index in [0.29, 0.717) is 0 Å². The Balaban J connectivity index is 3.65. The molecule has 0 rings (SSSR count). The number of esters is 1. The molecule has 0 aromatic heterocycles. The summed E-state index contributed by atoms with van der Waals surface area (Å²) in [6.45, 7) is 4.13. The van der Waals surface area contributed by atoms with Crippen LogP contribution < -0.4 is 5.32 Å². The van der Waals surface area contributed by atoms with Crippen molar-refractivity contribution >= 4 is 12.1 Å². The Morgan fingerprint density at radius 3 is 2.47 bits per heavy atom. The van der Waals surface area contributed by atoms with E-state index < -0.39 is 18.2 Å². The fourth-order valence-corrected chi connectivity index (χ4v) is 0.724. The maximum absolute atomic E-state index is 10.9. The van der Waals surface area contributed by atoms with Crippen LogP contribution in [0.15, 0.2) is 12.2 Å². The number of carbonyl (C=O) groups excluding carboxylic acids is 2. The summed E-state index contributed by atoms with van der Waals surface area (Å²) in [5, 5.41) is 19.9. The fraction of sp³-hybridized carbons (Fsp3) is 0.600. The van der Waals surface area contributed by atoms with Gasteiger partial charge in [-0.05, 0) is 6.92 Å². The molecule has 0 aliphatic carbocycles. The smallest absolute Gasteiger partial charge is 0.407 e. The van der Waals surface area contributed by atoms with Crippen LogP contribution >= 0.6 is 0 Å². The summed E-state index contributed by atoms with van der Waals surface area (Å²) in [6.07, 6.45) is -1.86. The van der Waals surface area contributed by atoms with Crippen molar-refractivity contribution in [2.75, 3.05) is 26.4 Å². The summed E-state index contributed by atoms with van der Waals surface area (Å²) in [6, 6.07) is 0. The van der Waals surface area contributed by atoms with Crippen molar-refractivity contribution in [1.82, 2.24) is 5.32 Å². The normalized spacial score (nSPS) is 11.5. The van der Waals surface area contributed by atoms with Crippen LogP contribution in [0.1, 0.15) is 6.92 Å². The van der Waals surface area contributed by atoms with Crippen LogP contribution in [0.5, 0.6) is 0 Å². The summed E-state index contributed by atoms with van der Waals surface area (Å²) in [4.78, 5) is 21.8. The summed E-state index contributed by atoms with van der Waals surface area (Å²) in [5.41, 5.74) is 0.221. The molecule has 0 aliphatic rings. The molecular formula is C10H17NO6. The van der Waals surface area contributed by atoms with Crippen molar-refractivity contribution in [3.05, 3.63) is 12.2 Å². The van der Waals surface area contributed by atoms with Gasteiger partial charge in [0, 0.05) is 12.1 Å². The van der Waals surface area contributed by atoms with Gasteiger partial charge in [-0.1, -0.05) is 6.58 Å². The van der Waals surface area contributed by atoms with E-state index in [2.05, 4.69) is 21.4 Å². The van der Waals surface area contributed by atoms with Gasteiger partial charge in [0.15, 0.2) is 0 Å². The van der Waals surface area contributed by atoms with Crippen LogP contribution in [0.3, 0.4) is 0 Å². The molecule has 0 radical (unpaired) electrons. The average Bonchev–Trinajstić information content (AvgIpc) is 2.30. The zero-order chi connectivity index (χ0) is 13.3. The third kappa shape index (κ3) is 8.23. The quantitative estimate of drug-likeness (QED) is 0.401. The molecule has 0 aromatic rings. The molecule has 0 saturated heterocycles. The number of nitrogens with one attached hydrogen (secondary N) is 1. The van der Waals surface area contributed by atoms with E-state index >= 15 is 0 Å². The van der Waals surface area contributed by atoms with E-state index in [4.69, 9.17) is 5.11 Å². The van der Waals surface area contributed by atoms with E-state index in [-0.39, 0.29) is 31.9 Å². The SMILES string of the molecule is C=C(C)C(=O)OCC(O)COC(=O)NCCO. The summed E-state index contributed by atoms with van der Waals surface area (Å²) in [5.74, 6) is -0.617. The largest absolute Gasteiger partial charge is 0.459 e. The molecule has 0 heterocycles. The topological polar surface area (TPSA) is 105 Å². The summed E-state index contributed by atoms with van der Waals surface area (Å²) < 4.78 is 9.21. The number of ether oxygens (including phenoxy) is 2. The molecule has 7 nitrogen and oxygen atoms in total. The molecule has 17 heavy (non-hydrogen) atoms. The highest BCUT2D eigenvalue weighted by Gasteiger charge is 2.11. The lowest BCUT2D eigenvalue weighted by molar-refractivity contribution is -0.142. The Hall–Kier alpha value is -1.60. The van der Waals surface area contributed by atoms with Crippen LogP contribution in [-0.2, 0) is 14.3 Å². The Morgan fingerprint density at radius 1 is 1.35 bits per heavy atom. The van der Waals surface area contributed by atoms with E-state index in [9.17, 15) is 14.7 Å². The van der Waals surface area contributed by atoms with E-state index in [1.54, 1.807) is 0 Å². The molecule has 0 aromatic carbocycles. The van der Waals surface area contributed by atoms with Gasteiger partial charge in [0.1, 0.15) is 19.3 Å². The van der Waals surface area contributed by atoms with Crippen LogP contribution in [0.2, 0.25) is 0 Å². The van der Waals surface area contributed by atoms with Gasteiger partial charge in [0.05, 0.1) is 6.61 Å². The second-order valence-electron chi connectivity index (χ2n) is 3.28. The maximum atomic E-state index is 10.9. The first kappa shape index (κ1) is 15.4. The summed E-state index contributed by atoms with van der Waals surface area (Å²) >= 11 is 0. The van der Waals surface area contributed by atoms with Crippen LogP contribution in [0.25, 0.3) is 0 Å². The Kier molecular flexibility index (Phi) is 7.74. The standard InChI is InChI=1S/C10H17NO6/c1-7(2)9(14)16-5-8(13)6-17-10(15)11-3-4-12/h8,12-13H,1,3-6H2,2H3,(H,11,15). The van der Waals surface area contributed by atoms with Crippen LogP contribution in [-0.4, -0.2) is 54.7 Å². The van der Waals surface area contributed by atoms with Gasteiger partial charge in [-0.3, -0.25) is 0 Å². The molecule has 0 fully saturated rings. The molecule has 1 atom stereocenters. The van der Waals surface area contributed by atoms with Crippen molar-refractivity contribution in [3.8, 4) is 0 Å². The monoisotopic (exact) mass is 247 g/mol. The minimum absolute atomic E-state index is 0.0690. The minimum atomic E-state index is -1.10. The number of hydrogen-bond acceptors (Lipinski definition) is 6. The van der Waals surface area contributed by atoms with Gasteiger partial charge in [-0.15, -0.1) is 0 Å². The number of aliphatic hydroxyl groups is 2. The molecule has 0 saturated carbocycles. The molecule has 98 valence electrons. The molecule has 1 amide bonds. The zero-order valence-electron chi connectivity index (χ0n) is 9.64. The maximum Gasteiger partial charge on any atom is 0.407 e. The molecule has 0 aliphatic heterocycles. The van der Waals surface area contributed by atoms with Crippen molar-refractivity contribution in [2.24, 2.45) is 0 Å². The lowest BCUT2D eigenvalue weighted by Gasteiger charge is -2.12. The molecule has 1 unspecified atom stereocenters. The lowest BCUT2D eigenvalue weighted by Crippen LogP contribution is -2.31. The Bertz CT molecular complexity index is 278. The average molecular weight is 247 g/mol. The van der Waals surface area contributed by atoms with Gasteiger partial charge in [0.2, 0.25) is 0 Å². The second-order valence-corrected chi connectivity index (χ2v) is 3.28. The number of alkyl carbamates (subject to hydrolysis) is 1. The van der Waals surface area contributed by atoms with Gasteiger partial charge in [0.25, 0.3) is 0 Å². The van der Waals surface area contributed by atoms with Crippen molar-refractivity contribution in [1.29, 1.82) is 0 Å². The van der Waals surface area contributed by atoms with Crippen molar-refractivity contribution in [3.63, 3.8) is 0 Å². The third-order valence-electron chi connectivity index (χ3n) is 1.54. The summed E-state index contributed by atoms with van der Waals surface area (Å²) in [7, 11) is 0. The predicted octanol–water partition coefficient (Wildman–Crippen LogP) is -0.815. The lowest BCUT2D eigenvalue weighted by atomic mass is 10.3. The molecular weight excluding hydrogens is 230 g/mol. The third-order valence-corrected chi connectivity index (χ3v) is 1.54. The van der Waals surface area contributed by atoms with E-state index in [0.717, 1.165) is 0 Å². The van der Waals surface area contributed by atoms with Gasteiger partial charge in [-0.25, -0.2) is 9.59 Å². The first-order chi connectivity index (χ1) is 7.97. The fourth-order valence-electron chi connectivity index (χ4n) is 0.724. The molecule has 0 bridgehead atoms. The second kappa shape index (κ2) is 8.54. The first-order valence-corrected chi connectivity index (χ1v) is 4.99. The highest BCUT2D eigenvalue weighted by molar-refractivity contribution is 5.86. The molecule has 7 heteroatoms. The van der Waals surface area contributed by atoms with Crippen LogP contribution in [0, 0.1) is 0 Å². The van der Waals surface area contributed by atoms with Crippen LogP contribution in [0.4, 0.5) is 4.79 Å². The first-order valence-electron chi connectivity index (χ1n) is 4.99. The minimum Gasteiger partial charge on any atom is -0.459 e.